The van der Waals surface area contributed by atoms with E-state index in [1.54, 1.807) is 0 Å². The first-order valence-electron chi connectivity index (χ1n) is 7.14. The van der Waals surface area contributed by atoms with Crippen LogP contribution < -0.4 is 4.90 Å². The van der Waals surface area contributed by atoms with Crippen molar-refractivity contribution in [1.82, 2.24) is 0 Å². The van der Waals surface area contributed by atoms with Crippen LogP contribution in [0.5, 0.6) is 0 Å². The van der Waals surface area contributed by atoms with Crippen molar-refractivity contribution < 1.29 is 0 Å². The minimum Gasteiger partial charge on any atom is -0.367 e. The van der Waals surface area contributed by atoms with Gasteiger partial charge in [0.05, 0.1) is 12.0 Å². The van der Waals surface area contributed by atoms with E-state index in [2.05, 4.69) is 35.2 Å². The standard InChI is InChI=1S/C16H20N2/c17-12-14-8-5-10-16(14)18-11-4-3-7-13-6-1-2-9-15(13)18/h1-2,6,9,14,16H,3-5,7-8,10-11H2. The van der Waals surface area contributed by atoms with E-state index in [-0.39, 0.29) is 5.92 Å². The summed E-state index contributed by atoms with van der Waals surface area (Å²) < 4.78 is 0. The molecule has 3 rings (SSSR count). The molecule has 1 aromatic rings. The molecule has 94 valence electrons. The lowest BCUT2D eigenvalue weighted by Crippen LogP contribution is -2.38. The second-order valence-electron chi connectivity index (χ2n) is 5.51. The molecule has 1 saturated carbocycles. The van der Waals surface area contributed by atoms with Crippen LogP contribution in [0, 0.1) is 17.2 Å². The van der Waals surface area contributed by atoms with Crippen LogP contribution in [0.1, 0.15) is 37.7 Å². The SMILES string of the molecule is N#CC1CCCC1N1CCCCc2ccccc21. The molecular weight excluding hydrogens is 220 g/mol. The molecule has 0 N–H and O–H groups in total. The highest BCUT2D eigenvalue weighted by Crippen LogP contribution is 2.36. The molecule has 2 heteroatoms. The Morgan fingerprint density at radius 1 is 1.11 bits per heavy atom. The van der Waals surface area contributed by atoms with Crippen molar-refractivity contribution in [2.45, 2.75) is 44.6 Å². The molecule has 0 radical (unpaired) electrons. The van der Waals surface area contributed by atoms with Gasteiger partial charge in [-0.3, -0.25) is 0 Å². The van der Waals surface area contributed by atoms with Crippen LogP contribution in [0.3, 0.4) is 0 Å². The zero-order valence-electron chi connectivity index (χ0n) is 10.8. The first kappa shape index (κ1) is 11.6. The molecule has 2 nitrogen and oxygen atoms in total. The van der Waals surface area contributed by atoms with Gasteiger partial charge >= 0.3 is 0 Å². The lowest BCUT2D eigenvalue weighted by atomic mass is 10.0. The van der Waals surface area contributed by atoms with Crippen molar-refractivity contribution in [2.75, 3.05) is 11.4 Å². The van der Waals surface area contributed by atoms with Crippen molar-refractivity contribution >= 4 is 5.69 Å². The predicted octanol–water partition coefficient (Wildman–Crippen LogP) is 3.52. The van der Waals surface area contributed by atoms with E-state index >= 15 is 0 Å². The van der Waals surface area contributed by atoms with Gasteiger partial charge in [0.15, 0.2) is 0 Å². The fourth-order valence-corrected chi connectivity index (χ4v) is 3.53. The molecule has 1 aliphatic heterocycles. The first-order valence-corrected chi connectivity index (χ1v) is 7.14. The van der Waals surface area contributed by atoms with Gasteiger partial charge in [0.2, 0.25) is 0 Å². The molecule has 0 bridgehead atoms. The molecule has 0 amide bonds. The number of benzene rings is 1. The van der Waals surface area contributed by atoms with Crippen LogP contribution in [0.2, 0.25) is 0 Å². The van der Waals surface area contributed by atoms with E-state index in [4.69, 9.17) is 0 Å². The molecule has 1 aromatic carbocycles. The van der Waals surface area contributed by atoms with Gasteiger partial charge in [-0.25, -0.2) is 0 Å². The zero-order valence-corrected chi connectivity index (χ0v) is 10.8. The molecule has 2 atom stereocenters. The average molecular weight is 240 g/mol. The maximum atomic E-state index is 9.31. The van der Waals surface area contributed by atoms with Crippen molar-refractivity contribution in [3.05, 3.63) is 29.8 Å². The smallest absolute Gasteiger partial charge is 0.0677 e. The minimum absolute atomic E-state index is 0.233. The summed E-state index contributed by atoms with van der Waals surface area (Å²) in [5.74, 6) is 0.233. The number of fused-ring (bicyclic) bond motifs is 1. The highest BCUT2D eigenvalue weighted by atomic mass is 15.2. The Bertz CT molecular complexity index is 460. The topological polar surface area (TPSA) is 27.0 Å². The maximum absolute atomic E-state index is 9.31. The largest absolute Gasteiger partial charge is 0.367 e. The van der Waals surface area contributed by atoms with Crippen molar-refractivity contribution in [3.8, 4) is 6.07 Å². The summed E-state index contributed by atoms with van der Waals surface area (Å²) in [4.78, 5) is 2.53. The maximum Gasteiger partial charge on any atom is 0.0677 e. The van der Waals surface area contributed by atoms with E-state index < -0.39 is 0 Å². The highest BCUT2D eigenvalue weighted by molar-refractivity contribution is 5.55. The summed E-state index contributed by atoms with van der Waals surface area (Å²) in [7, 11) is 0. The molecule has 2 unspecified atom stereocenters. The molecule has 1 fully saturated rings. The minimum atomic E-state index is 0.233. The van der Waals surface area contributed by atoms with Gasteiger partial charge in [0.1, 0.15) is 0 Å². The van der Waals surface area contributed by atoms with Crippen LogP contribution in [0.4, 0.5) is 5.69 Å². The number of anilines is 1. The summed E-state index contributed by atoms with van der Waals surface area (Å²) in [5, 5.41) is 9.31. The van der Waals surface area contributed by atoms with Gasteiger partial charge in [-0.15, -0.1) is 0 Å². The number of rotatable bonds is 1. The summed E-state index contributed by atoms with van der Waals surface area (Å²) in [6.07, 6.45) is 7.20. The van der Waals surface area contributed by atoms with Gasteiger partial charge in [0, 0.05) is 18.3 Å². The summed E-state index contributed by atoms with van der Waals surface area (Å²) in [6, 6.07) is 11.7. The van der Waals surface area contributed by atoms with E-state index in [1.807, 2.05) is 0 Å². The Balaban J connectivity index is 1.94. The number of nitrogens with zero attached hydrogens (tertiary/aromatic N) is 2. The number of hydrogen-bond acceptors (Lipinski definition) is 2. The molecule has 1 aliphatic carbocycles. The van der Waals surface area contributed by atoms with Crippen molar-refractivity contribution in [3.63, 3.8) is 0 Å². The van der Waals surface area contributed by atoms with E-state index in [1.165, 1.54) is 43.4 Å². The number of nitriles is 1. The third-order valence-corrected chi connectivity index (χ3v) is 4.44. The van der Waals surface area contributed by atoms with Gasteiger partial charge in [-0.05, 0) is 50.2 Å². The fourth-order valence-electron chi connectivity index (χ4n) is 3.53. The van der Waals surface area contributed by atoms with E-state index in [0.29, 0.717) is 6.04 Å². The Kier molecular flexibility index (Phi) is 3.23. The Morgan fingerprint density at radius 2 is 2.00 bits per heavy atom. The third-order valence-electron chi connectivity index (χ3n) is 4.44. The van der Waals surface area contributed by atoms with Crippen LogP contribution >= 0.6 is 0 Å². The predicted molar refractivity (Wildman–Crippen MR) is 73.5 cm³/mol. The zero-order chi connectivity index (χ0) is 12.4. The van der Waals surface area contributed by atoms with Crippen LogP contribution in [0.15, 0.2) is 24.3 Å². The lowest BCUT2D eigenvalue weighted by Gasteiger charge is -2.33. The van der Waals surface area contributed by atoms with E-state index in [9.17, 15) is 5.26 Å². The number of hydrogen-bond donors (Lipinski definition) is 0. The Morgan fingerprint density at radius 3 is 2.89 bits per heavy atom. The number of para-hydroxylation sites is 1. The van der Waals surface area contributed by atoms with E-state index in [0.717, 1.165) is 13.0 Å². The van der Waals surface area contributed by atoms with Gasteiger partial charge in [0.25, 0.3) is 0 Å². The normalized spacial score (nSPS) is 27.4. The van der Waals surface area contributed by atoms with Gasteiger partial charge in [-0.1, -0.05) is 18.2 Å². The second-order valence-corrected chi connectivity index (χ2v) is 5.51. The lowest BCUT2D eigenvalue weighted by molar-refractivity contribution is 0.527. The molecule has 18 heavy (non-hydrogen) atoms. The van der Waals surface area contributed by atoms with Crippen molar-refractivity contribution in [2.24, 2.45) is 5.92 Å². The van der Waals surface area contributed by atoms with Gasteiger partial charge < -0.3 is 4.90 Å². The molecule has 0 saturated heterocycles. The summed E-state index contributed by atoms with van der Waals surface area (Å²) in [6.45, 7) is 1.12. The molecular formula is C16H20N2. The molecule has 1 heterocycles. The third kappa shape index (κ3) is 1.99. The Hall–Kier alpha value is -1.49. The van der Waals surface area contributed by atoms with Crippen LogP contribution in [-0.2, 0) is 6.42 Å². The Labute approximate surface area is 109 Å². The van der Waals surface area contributed by atoms with Crippen LogP contribution in [0.25, 0.3) is 0 Å². The van der Waals surface area contributed by atoms with Crippen molar-refractivity contribution in [1.29, 1.82) is 5.26 Å². The second kappa shape index (κ2) is 5.02. The molecule has 2 aliphatic rings. The average Bonchev–Trinajstić information content (AvgIpc) is 2.78. The fraction of sp³-hybridized carbons (Fsp3) is 0.562. The molecule has 0 spiro atoms. The summed E-state index contributed by atoms with van der Waals surface area (Å²) >= 11 is 0. The summed E-state index contributed by atoms with van der Waals surface area (Å²) in [5.41, 5.74) is 2.86. The van der Waals surface area contributed by atoms with Crippen LogP contribution in [-0.4, -0.2) is 12.6 Å². The molecule has 0 aromatic heterocycles. The number of aryl methyl sites for hydroxylation is 1. The monoisotopic (exact) mass is 240 g/mol. The first-order chi connectivity index (χ1) is 8.90. The van der Waals surface area contributed by atoms with Gasteiger partial charge in [-0.2, -0.15) is 5.26 Å². The quantitative estimate of drug-likeness (QED) is 0.751. The highest BCUT2D eigenvalue weighted by Gasteiger charge is 2.33.